The van der Waals surface area contributed by atoms with Crippen molar-refractivity contribution < 1.29 is 29.5 Å². The number of hydrogen-bond acceptors (Lipinski definition) is 6. The minimum absolute atomic E-state index is 0. The smallest absolute Gasteiger partial charge is 1.00 e. The molecule has 50 heavy (non-hydrogen) atoms. The standard InChI is InChI=1S/C40H24N8.ClH.Mn/c1-2-30-38(26-11-19-42-20-12-26)32-5-6-34(47-32)40(28-15-23-44-24-16-28)36-8-7-35(48-36)39(27-13-21-43-22-14-27)33-4-3-31(46-33)37(29(1)45-30)25-9-17-41-18-10-25;;/h1-24H;1H;/q-2;;+3/p-1. The summed E-state index contributed by atoms with van der Waals surface area (Å²) in [4.78, 5) is 38.1. The van der Waals surface area contributed by atoms with Gasteiger partial charge in [-0.05, 0) is 117 Å². The van der Waals surface area contributed by atoms with Crippen LogP contribution in [0, 0.1) is 0 Å². The Hall–Kier alpha value is -5.99. The molecule has 8 bridgehead atoms. The first kappa shape index (κ1) is 32.6. The van der Waals surface area contributed by atoms with Crippen molar-refractivity contribution in [3.8, 4) is 44.5 Å². The summed E-state index contributed by atoms with van der Waals surface area (Å²) in [6, 6.07) is 24.1. The van der Waals surface area contributed by atoms with Crippen LogP contribution in [-0.2, 0) is 17.1 Å². The zero-order valence-electron chi connectivity index (χ0n) is 26.2. The van der Waals surface area contributed by atoms with Gasteiger partial charge in [-0.1, -0.05) is 24.3 Å². The van der Waals surface area contributed by atoms with Crippen LogP contribution in [0.4, 0.5) is 0 Å². The van der Waals surface area contributed by atoms with E-state index in [2.05, 4.69) is 68.5 Å². The summed E-state index contributed by atoms with van der Waals surface area (Å²) in [6.45, 7) is 0. The van der Waals surface area contributed by atoms with Crippen LogP contribution in [0.15, 0.2) is 122 Å². The minimum Gasteiger partial charge on any atom is -1.00 e. The van der Waals surface area contributed by atoms with Gasteiger partial charge >= 0.3 is 17.1 Å². The molecule has 2 aliphatic rings. The molecule has 0 N–H and O–H groups in total. The molecular weight excluding hydrogens is 683 g/mol. The van der Waals surface area contributed by atoms with Gasteiger partial charge in [-0.15, -0.1) is 22.1 Å². The van der Waals surface area contributed by atoms with Gasteiger partial charge in [-0.2, -0.15) is 0 Å². The molecule has 9 heterocycles. The van der Waals surface area contributed by atoms with Crippen LogP contribution in [0.25, 0.3) is 90.9 Å². The van der Waals surface area contributed by atoms with Gasteiger partial charge in [-0.25, -0.2) is 9.97 Å². The summed E-state index contributed by atoms with van der Waals surface area (Å²) < 4.78 is 0. The number of hydrogen-bond donors (Lipinski definition) is 0. The van der Waals surface area contributed by atoms with Gasteiger partial charge in [-0.3, -0.25) is 19.9 Å². The molecule has 0 spiro atoms. The maximum absolute atomic E-state index is 5.25. The Morgan fingerprint density at radius 2 is 0.540 bits per heavy atom. The van der Waals surface area contributed by atoms with Crippen LogP contribution in [-0.4, -0.2) is 29.9 Å². The van der Waals surface area contributed by atoms with Crippen molar-refractivity contribution in [3.63, 3.8) is 0 Å². The van der Waals surface area contributed by atoms with Crippen molar-refractivity contribution in [3.05, 3.63) is 145 Å². The van der Waals surface area contributed by atoms with E-state index in [1.165, 1.54) is 0 Å². The molecule has 0 saturated carbocycles. The first-order valence-corrected chi connectivity index (χ1v) is 15.5. The Kier molecular flexibility index (Phi) is 9.02. The number of halogens is 1. The first-order chi connectivity index (χ1) is 23.8. The van der Waals surface area contributed by atoms with Crippen molar-refractivity contribution in [2.45, 2.75) is 0 Å². The predicted octanol–water partition coefficient (Wildman–Crippen LogP) is 5.16. The molecule has 7 aromatic rings. The number of rotatable bonds is 4. The summed E-state index contributed by atoms with van der Waals surface area (Å²) in [5.74, 6) is 0. The van der Waals surface area contributed by atoms with Crippen LogP contribution >= 0.6 is 0 Å². The zero-order chi connectivity index (χ0) is 31.9. The Labute approximate surface area is 304 Å². The van der Waals surface area contributed by atoms with E-state index in [1.54, 1.807) is 49.6 Å². The maximum atomic E-state index is 5.25. The molecule has 8 nitrogen and oxygen atoms in total. The number of fused-ring (bicyclic) bond motifs is 8. The second-order valence-electron chi connectivity index (χ2n) is 11.3. The van der Waals surface area contributed by atoms with Gasteiger partial charge in [0.05, 0.1) is 22.8 Å². The average Bonchev–Trinajstić information content (AvgIpc) is 3.98. The molecule has 0 amide bonds. The predicted molar refractivity (Wildman–Crippen MR) is 190 cm³/mol. The van der Waals surface area contributed by atoms with Gasteiger partial charge < -0.3 is 22.4 Å². The molecule has 0 aliphatic carbocycles. The third kappa shape index (κ3) is 5.84. The van der Waals surface area contributed by atoms with E-state index in [0.29, 0.717) is 0 Å². The van der Waals surface area contributed by atoms with Gasteiger partial charge in [0.15, 0.2) is 0 Å². The monoisotopic (exact) mass is 706 g/mol. The number of nitrogens with zero attached hydrogens (tertiary/aromatic N) is 8. The van der Waals surface area contributed by atoms with E-state index >= 15 is 0 Å². The fraction of sp³-hybridized carbons (Fsp3) is 0. The SMILES string of the molecule is C1=Cc2nc1c(-c1ccncc1)c1ccc([n-]1)c(-c1ccncc1)c1nc(c(-c3ccncc3)c3ccc([n-]3)c2-c2ccncc2)C=C1.[Cl-].[Mn+3]. The molecule has 0 unspecified atom stereocenters. The molecule has 0 radical (unpaired) electrons. The summed E-state index contributed by atoms with van der Waals surface area (Å²) in [5.41, 5.74) is 13.9. The molecule has 10 heteroatoms. The quantitative estimate of drug-likeness (QED) is 0.231. The fourth-order valence-electron chi connectivity index (χ4n) is 6.34. The molecule has 0 atom stereocenters. The second kappa shape index (κ2) is 13.9. The molecule has 0 fully saturated rings. The van der Waals surface area contributed by atoms with Crippen molar-refractivity contribution in [1.29, 1.82) is 0 Å². The third-order valence-corrected chi connectivity index (χ3v) is 8.49. The van der Waals surface area contributed by atoms with Gasteiger partial charge in [0.25, 0.3) is 0 Å². The second-order valence-corrected chi connectivity index (χ2v) is 11.3. The van der Waals surface area contributed by atoms with Crippen LogP contribution in [0.5, 0.6) is 0 Å². The van der Waals surface area contributed by atoms with Crippen molar-refractivity contribution in [1.82, 2.24) is 39.9 Å². The molecule has 238 valence electrons. The first-order valence-electron chi connectivity index (χ1n) is 15.5. The van der Waals surface area contributed by atoms with Crippen LogP contribution in [0.2, 0.25) is 0 Å². The molecule has 0 saturated heterocycles. The van der Waals surface area contributed by atoms with Crippen LogP contribution in [0.1, 0.15) is 22.8 Å². The Morgan fingerprint density at radius 3 is 0.760 bits per heavy atom. The normalized spacial score (nSPS) is 11.5. The Balaban J connectivity index is 0.00000196. The molecule has 0 aromatic carbocycles. The van der Waals surface area contributed by atoms with Crippen LogP contribution < -0.4 is 22.4 Å². The van der Waals surface area contributed by atoms with Crippen LogP contribution in [0.3, 0.4) is 0 Å². The van der Waals surface area contributed by atoms with E-state index < -0.39 is 0 Å². The molecule has 9 rings (SSSR count). The fourth-order valence-corrected chi connectivity index (χ4v) is 6.34. The summed E-state index contributed by atoms with van der Waals surface area (Å²) in [7, 11) is 0. The minimum atomic E-state index is 0. The van der Waals surface area contributed by atoms with Gasteiger partial charge in [0.2, 0.25) is 0 Å². The van der Waals surface area contributed by atoms with E-state index in [0.717, 1.165) is 89.4 Å². The van der Waals surface area contributed by atoms with Gasteiger partial charge in [0.1, 0.15) is 0 Å². The number of pyridine rings is 4. The Morgan fingerprint density at radius 1 is 0.320 bits per heavy atom. The van der Waals surface area contributed by atoms with E-state index in [1.807, 2.05) is 48.5 Å². The summed E-state index contributed by atoms with van der Waals surface area (Å²) >= 11 is 0. The average molecular weight is 707 g/mol. The topological polar surface area (TPSA) is 106 Å². The van der Waals surface area contributed by atoms with E-state index in [4.69, 9.17) is 19.9 Å². The molecule has 2 aliphatic heterocycles. The van der Waals surface area contributed by atoms with Crippen molar-refractivity contribution in [2.75, 3.05) is 0 Å². The summed E-state index contributed by atoms with van der Waals surface area (Å²) in [6.07, 6.45) is 22.5. The molecule has 7 aromatic heterocycles. The van der Waals surface area contributed by atoms with E-state index in [9.17, 15) is 0 Å². The van der Waals surface area contributed by atoms with Crippen molar-refractivity contribution in [2.24, 2.45) is 0 Å². The van der Waals surface area contributed by atoms with E-state index in [-0.39, 0.29) is 29.5 Å². The maximum Gasteiger partial charge on any atom is 3.00 e. The number of aromatic nitrogens is 8. The van der Waals surface area contributed by atoms with Gasteiger partial charge in [0, 0.05) is 49.6 Å². The Bertz CT molecular complexity index is 2200. The summed E-state index contributed by atoms with van der Waals surface area (Å²) in [5, 5.41) is 0. The largest absolute Gasteiger partial charge is 3.00 e. The zero-order valence-corrected chi connectivity index (χ0v) is 28.1. The third-order valence-electron chi connectivity index (χ3n) is 8.49. The molecular formula is C40H24ClMnN8. The van der Waals surface area contributed by atoms with Crippen molar-refractivity contribution >= 4 is 46.4 Å².